The molecule has 0 aliphatic carbocycles. The van der Waals surface area contributed by atoms with Crippen molar-refractivity contribution in [3.63, 3.8) is 0 Å². The first-order valence-corrected chi connectivity index (χ1v) is 8.96. The molecule has 1 amide bonds. The van der Waals surface area contributed by atoms with Gasteiger partial charge >= 0.3 is 0 Å². The van der Waals surface area contributed by atoms with Gasteiger partial charge in [-0.1, -0.05) is 66.6 Å². The fraction of sp³-hybridized carbons (Fsp3) is 0.409. The molecule has 24 heavy (non-hydrogen) atoms. The van der Waals surface area contributed by atoms with Gasteiger partial charge in [-0.05, 0) is 43.7 Å². The molecule has 1 fully saturated rings. The minimum absolute atomic E-state index is 0.195. The molecule has 2 heteroatoms. The second-order valence-electron chi connectivity index (χ2n) is 7.26. The van der Waals surface area contributed by atoms with Gasteiger partial charge in [0.2, 0.25) is 5.91 Å². The molecule has 1 aliphatic rings. The van der Waals surface area contributed by atoms with E-state index in [0.29, 0.717) is 0 Å². The van der Waals surface area contributed by atoms with Crippen molar-refractivity contribution >= 4 is 5.91 Å². The number of hydrogen-bond acceptors (Lipinski definition) is 1. The highest BCUT2D eigenvalue weighted by Gasteiger charge is 2.29. The molecule has 0 radical (unpaired) electrons. The van der Waals surface area contributed by atoms with Gasteiger partial charge in [0.25, 0.3) is 0 Å². The summed E-state index contributed by atoms with van der Waals surface area (Å²) in [5, 5.41) is 0. The molecule has 0 atom stereocenters. The van der Waals surface area contributed by atoms with Crippen LogP contribution in [0.4, 0.5) is 0 Å². The number of nitrogens with zero attached hydrogens (tertiary/aromatic N) is 1. The summed E-state index contributed by atoms with van der Waals surface area (Å²) in [6, 6.07) is 16.8. The average molecular weight is 321 g/mol. The molecule has 0 bridgehead atoms. The second-order valence-corrected chi connectivity index (χ2v) is 7.26. The Morgan fingerprint density at radius 3 is 1.71 bits per heavy atom. The maximum absolute atomic E-state index is 13.3. The quantitative estimate of drug-likeness (QED) is 0.803. The predicted octanol–water partition coefficient (Wildman–Crippen LogP) is 4.69. The molecule has 2 aromatic carbocycles. The third kappa shape index (κ3) is 3.69. The molecule has 2 nitrogen and oxygen atoms in total. The number of likely N-dealkylation sites (tertiary alicyclic amines) is 1. The van der Waals surface area contributed by atoms with Crippen molar-refractivity contribution in [3.8, 4) is 0 Å². The van der Waals surface area contributed by atoms with Crippen LogP contribution in [-0.4, -0.2) is 23.9 Å². The van der Waals surface area contributed by atoms with E-state index in [1.54, 1.807) is 0 Å². The van der Waals surface area contributed by atoms with E-state index in [9.17, 15) is 4.79 Å². The zero-order valence-electron chi connectivity index (χ0n) is 15.0. The first kappa shape index (κ1) is 16.8. The summed E-state index contributed by atoms with van der Waals surface area (Å²) < 4.78 is 0. The van der Waals surface area contributed by atoms with Gasteiger partial charge in [0, 0.05) is 13.1 Å². The van der Waals surface area contributed by atoms with Crippen molar-refractivity contribution in [2.45, 2.75) is 39.5 Å². The molecule has 1 aliphatic heterocycles. The third-order valence-corrected chi connectivity index (χ3v) is 5.16. The Balaban J connectivity index is 1.93. The zero-order valence-corrected chi connectivity index (χ0v) is 15.0. The lowest BCUT2D eigenvalue weighted by Crippen LogP contribution is -2.41. The molecule has 126 valence electrons. The number of carbonyl (C=O) groups excluding carboxylic acids is 1. The highest BCUT2D eigenvalue weighted by Crippen LogP contribution is 2.29. The van der Waals surface area contributed by atoms with E-state index in [1.165, 1.54) is 11.1 Å². The van der Waals surface area contributed by atoms with Crippen molar-refractivity contribution in [1.29, 1.82) is 0 Å². The Kier molecular flexibility index (Phi) is 5.03. The van der Waals surface area contributed by atoms with Gasteiger partial charge in [-0.15, -0.1) is 0 Å². The van der Waals surface area contributed by atoms with Crippen molar-refractivity contribution in [3.05, 3.63) is 70.8 Å². The highest BCUT2D eigenvalue weighted by molar-refractivity contribution is 5.87. The van der Waals surface area contributed by atoms with Gasteiger partial charge in [0.15, 0.2) is 0 Å². The molecule has 1 heterocycles. The van der Waals surface area contributed by atoms with Crippen LogP contribution in [0.3, 0.4) is 0 Å². The van der Waals surface area contributed by atoms with E-state index in [-0.39, 0.29) is 11.8 Å². The highest BCUT2D eigenvalue weighted by atomic mass is 16.2. The summed E-state index contributed by atoms with van der Waals surface area (Å²) >= 11 is 0. The van der Waals surface area contributed by atoms with Crippen LogP contribution in [0.5, 0.6) is 0 Å². The van der Waals surface area contributed by atoms with Gasteiger partial charge in [-0.25, -0.2) is 0 Å². The average Bonchev–Trinajstić information content (AvgIpc) is 2.59. The Hall–Kier alpha value is -2.09. The summed E-state index contributed by atoms with van der Waals surface area (Å²) in [6.45, 7) is 8.21. The number of piperidine rings is 1. The lowest BCUT2D eigenvalue weighted by molar-refractivity contribution is -0.133. The van der Waals surface area contributed by atoms with Crippen LogP contribution in [0.2, 0.25) is 0 Å². The number of rotatable bonds is 3. The van der Waals surface area contributed by atoms with E-state index < -0.39 is 0 Å². The first-order chi connectivity index (χ1) is 11.5. The smallest absolute Gasteiger partial charge is 0.234 e. The maximum Gasteiger partial charge on any atom is 0.234 e. The SMILES string of the molecule is Cc1ccc(C(C(=O)N2CCC(C)CC2)c2ccc(C)cc2)cc1. The maximum atomic E-state index is 13.3. The summed E-state index contributed by atoms with van der Waals surface area (Å²) in [5.41, 5.74) is 4.63. The van der Waals surface area contributed by atoms with E-state index in [2.05, 4.69) is 74.2 Å². The molecular formula is C22H27NO. The Labute approximate surface area is 145 Å². The minimum Gasteiger partial charge on any atom is -0.342 e. The standard InChI is InChI=1S/C22H27NO/c1-16-4-8-19(9-5-16)21(20-10-6-17(2)7-11-20)22(24)23-14-12-18(3)13-15-23/h4-11,18,21H,12-15H2,1-3H3. The molecule has 0 spiro atoms. The Morgan fingerprint density at radius 1 is 0.875 bits per heavy atom. The molecule has 0 unspecified atom stereocenters. The number of amides is 1. The van der Waals surface area contributed by atoms with Gasteiger partial charge < -0.3 is 4.90 Å². The fourth-order valence-electron chi connectivity index (χ4n) is 3.41. The van der Waals surface area contributed by atoms with Crippen molar-refractivity contribution in [2.24, 2.45) is 5.92 Å². The summed E-state index contributed by atoms with van der Waals surface area (Å²) in [7, 11) is 0. The largest absolute Gasteiger partial charge is 0.342 e. The number of benzene rings is 2. The normalized spacial score (nSPS) is 15.8. The molecular weight excluding hydrogens is 294 g/mol. The van der Waals surface area contributed by atoms with Crippen LogP contribution in [-0.2, 0) is 4.79 Å². The number of hydrogen-bond donors (Lipinski definition) is 0. The van der Waals surface area contributed by atoms with Gasteiger partial charge in [0.1, 0.15) is 0 Å². The van der Waals surface area contributed by atoms with Crippen LogP contribution in [0.25, 0.3) is 0 Å². The van der Waals surface area contributed by atoms with Crippen molar-refractivity contribution < 1.29 is 4.79 Å². The monoisotopic (exact) mass is 321 g/mol. The Morgan fingerprint density at radius 2 is 1.29 bits per heavy atom. The number of carbonyl (C=O) groups is 1. The third-order valence-electron chi connectivity index (χ3n) is 5.16. The summed E-state index contributed by atoms with van der Waals surface area (Å²) in [4.78, 5) is 15.4. The van der Waals surface area contributed by atoms with Crippen molar-refractivity contribution in [2.75, 3.05) is 13.1 Å². The lowest BCUT2D eigenvalue weighted by Gasteiger charge is -2.33. The molecule has 0 saturated carbocycles. The Bertz CT molecular complexity index is 633. The van der Waals surface area contributed by atoms with E-state index in [1.807, 2.05) is 0 Å². The summed E-state index contributed by atoms with van der Waals surface area (Å²) in [5.74, 6) is 0.778. The lowest BCUT2D eigenvalue weighted by atomic mass is 9.88. The van der Waals surface area contributed by atoms with Gasteiger partial charge in [-0.2, -0.15) is 0 Å². The topological polar surface area (TPSA) is 20.3 Å². The predicted molar refractivity (Wildman–Crippen MR) is 99.2 cm³/mol. The molecule has 1 saturated heterocycles. The molecule has 2 aromatic rings. The van der Waals surface area contributed by atoms with Gasteiger partial charge in [-0.3, -0.25) is 4.79 Å². The van der Waals surface area contributed by atoms with Crippen LogP contribution in [0, 0.1) is 19.8 Å². The zero-order chi connectivity index (χ0) is 17.1. The van der Waals surface area contributed by atoms with Crippen LogP contribution >= 0.6 is 0 Å². The first-order valence-electron chi connectivity index (χ1n) is 8.96. The van der Waals surface area contributed by atoms with Crippen LogP contribution in [0.1, 0.15) is 47.9 Å². The minimum atomic E-state index is -0.195. The molecule has 0 N–H and O–H groups in total. The van der Waals surface area contributed by atoms with Crippen LogP contribution < -0.4 is 0 Å². The number of aryl methyl sites for hydroxylation is 2. The second kappa shape index (κ2) is 7.21. The van der Waals surface area contributed by atoms with Crippen LogP contribution in [0.15, 0.2) is 48.5 Å². The molecule has 0 aromatic heterocycles. The van der Waals surface area contributed by atoms with E-state index in [4.69, 9.17) is 0 Å². The van der Waals surface area contributed by atoms with E-state index >= 15 is 0 Å². The summed E-state index contributed by atoms with van der Waals surface area (Å²) in [6.07, 6.45) is 2.22. The van der Waals surface area contributed by atoms with E-state index in [0.717, 1.165) is 43.0 Å². The van der Waals surface area contributed by atoms with Crippen molar-refractivity contribution in [1.82, 2.24) is 4.90 Å². The molecule has 3 rings (SSSR count). The fourth-order valence-corrected chi connectivity index (χ4v) is 3.41. The van der Waals surface area contributed by atoms with Gasteiger partial charge in [0.05, 0.1) is 5.92 Å².